The number of carbonyl (C=O) groups is 1. The fraction of sp³-hybridized carbons (Fsp3) is 0.296. The molecule has 3 aromatic rings. The van der Waals surface area contributed by atoms with Gasteiger partial charge in [0.1, 0.15) is 5.75 Å². The third kappa shape index (κ3) is 5.15. The summed E-state index contributed by atoms with van der Waals surface area (Å²) in [5, 5.41) is 2.78. The monoisotopic (exact) mass is 414 g/mol. The van der Waals surface area contributed by atoms with Gasteiger partial charge in [0.15, 0.2) is 6.61 Å². The number of rotatable bonds is 7. The van der Waals surface area contributed by atoms with Gasteiger partial charge in [0.25, 0.3) is 5.91 Å². The van der Waals surface area contributed by atoms with E-state index in [0.717, 1.165) is 25.3 Å². The van der Waals surface area contributed by atoms with E-state index >= 15 is 0 Å². The third-order valence-electron chi connectivity index (χ3n) is 5.77. The summed E-state index contributed by atoms with van der Waals surface area (Å²) >= 11 is 0. The van der Waals surface area contributed by atoms with Crippen molar-refractivity contribution in [2.45, 2.75) is 32.9 Å². The lowest BCUT2D eigenvalue weighted by Crippen LogP contribution is -2.35. The predicted molar refractivity (Wildman–Crippen MR) is 124 cm³/mol. The molecule has 1 aliphatic rings. The third-order valence-corrected chi connectivity index (χ3v) is 5.77. The maximum atomic E-state index is 11.8. The second-order valence-electron chi connectivity index (χ2n) is 8.13. The number of carbonyl (C=O) groups excluding carboxylic acids is 1. The van der Waals surface area contributed by atoms with Crippen molar-refractivity contribution in [3.8, 4) is 5.75 Å². The first-order valence-electron chi connectivity index (χ1n) is 11.0. The fourth-order valence-corrected chi connectivity index (χ4v) is 4.37. The largest absolute Gasteiger partial charge is 0.484 e. The molecule has 4 heteroatoms. The van der Waals surface area contributed by atoms with Crippen molar-refractivity contribution in [2.75, 3.05) is 19.7 Å². The number of amides is 1. The molecule has 0 radical (unpaired) electrons. The van der Waals surface area contributed by atoms with Crippen molar-refractivity contribution in [3.63, 3.8) is 0 Å². The van der Waals surface area contributed by atoms with E-state index in [9.17, 15) is 4.79 Å². The summed E-state index contributed by atoms with van der Waals surface area (Å²) < 4.78 is 5.81. The maximum absolute atomic E-state index is 11.8. The molecule has 3 aromatic carbocycles. The smallest absolute Gasteiger partial charge is 0.257 e. The Hall–Kier alpha value is -3.11. The number of aryl methyl sites for hydroxylation is 1. The minimum Gasteiger partial charge on any atom is -0.484 e. The summed E-state index contributed by atoms with van der Waals surface area (Å²) in [5.74, 6) is 0.643. The van der Waals surface area contributed by atoms with Crippen molar-refractivity contribution in [1.29, 1.82) is 0 Å². The Labute approximate surface area is 184 Å². The number of hydrogen-bond donors (Lipinski definition) is 1. The average Bonchev–Trinajstić information content (AvgIpc) is 2.78. The van der Waals surface area contributed by atoms with Crippen LogP contribution in [-0.2, 0) is 17.8 Å². The van der Waals surface area contributed by atoms with E-state index in [1.807, 2.05) is 13.0 Å². The SMILES string of the molecule is CCNC(=O)COc1ccc2c(c1)C(c1ccccc1)N(Cc1cccc(C)c1)CC2. The van der Waals surface area contributed by atoms with Gasteiger partial charge in [-0.3, -0.25) is 9.69 Å². The normalized spacial score (nSPS) is 15.9. The molecular weight excluding hydrogens is 384 g/mol. The molecule has 1 atom stereocenters. The van der Waals surface area contributed by atoms with Crippen LogP contribution in [0.3, 0.4) is 0 Å². The highest BCUT2D eigenvalue weighted by Crippen LogP contribution is 2.38. The van der Waals surface area contributed by atoms with Crippen molar-refractivity contribution >= 4 is 5.91 Å². The van der Waals surface area contributed by atoms with Crippen LogP contribution in [0.25, 0.3) is 0 Å². The number of nitrogens with one attached hydrogen (secondary N) is 1. The summed E-state index contributed by atoms with van der Waals surface area (Å²) in [7, 11) is 0. The second kappa shape index (κ2) is 9.80. The summed E-state index contributed by atoms with van der Waals surface area (Å²) in [4.78, 5) is 14.4. The molecule has 1 aliphatic heterocycles. The summed E-state index contributed by atoms with van der Waals surface area (Å²) in [6, 6.07) is 25.8. The van der Waals surface area contributed by atoms with E-state index in [2.05, 4.69) is 83.9 Å². The minimum absolute atomic E-state index is 0.0373. The molecule has 1 heterocycles. The van der Waals surface area contributed by atoms with E-state index in [1.54, 1.807) is 0 Å². The Kier molecular flexibility index (Phi) is 6.68. The number of hydrogen-bond acceptors (Lipinski definition) is 3. The van der Waals surface area contributed by atoms with Gasteiger partial charge in [-0.1, -0.05) is 66.2 Å². The Morgan fingerprint density at radius 3 is 2.68 bits per heavy atom. The van der Waals surface area contributed by atoms with Gasteiger partial charge >= 0.3 is 0 Å². The average molecular weight is 415 g/mol. The lowest BCUT2D eigenvalue weighted by atomic mass is 9.87. The van der Waals surface area contributed by atoms with Gasteiger partial charge in [0, 0.05) is 19.6 Å². The number of benzene rings is 3. The van der Waals surface area contributed by atoms with Crippen LogP contribution in [0.1, 0.15) is 40.8 Å². The molecular formula is C27H30N2O2. The van der Waals surface area contributed by atoms with Crippen molar-refractivity contribution in [3.05, 3.63) is 101 Å². The molecule has 0 aromatic heterocycles. The van der Waals surface area contributed by atoms with Gasteiger partial charge in [0.2, 0.25) is 0 Å². The van der Waals surface area contributed by atoms with Gasteiger partial charge in [-0.25, -0.2) is 0 Å². The molecule has 0 saturated heterocycles. The van der Waals surface area contributed by atoms with Gasteiger partial charge in [0.05, 0.1) is 6.04 Å². The quantitative estimate of drug-likeness (QED) is 0.611. The molecule has 1 N–H and O–H groups in total. The topological polar surface area (TPSA) is 41.6 Å². The Morgan fingerprint density at radius 1 is 1.06 bits per heavy atom. The molecule has 0 saturated carbocycles. The Morgan fingerprint density at radius 2 is 1.90 bits per heavy atom. The van der Waals surface area contributed by atoms with Crippen LogP contribution in [0.4, 0.5) is 0 Å². The number of likely N-dealkylation sites (N-methyl/N-ethyl adjacent to an activating group) is 1. The van der Waals surface area contributed by atoms with Crippen LogP contribution in [-0.4, -0.2) is 30.5 Å². The molecule has 0 fully saturated rings. The Balaban J connectivity index is 1.65. The Bertz CT molecular complexity index is 1030. The molecule has 0 bridgehead atoms. The van der Waals surface area contributed by atoms with E-state index < -0.39 is 0 Å². The van der Waals surface area contributed by atoms with Crippen molar-refractivity contribution in [2.24, 2.45) is 0 Å². The second-order valence-corrected chi connectivity index (χ2v) is 8.13. The van der Waals surface area contributed by atoms with Crippen LogP contribution in [0.5, 0.6) is 5.75 Å². The number of fused-ring (bicyclic) bond motifs is 1. The zero-order valence-electron chi connectivity index (χ0n) is 18.3. The van der Waals surface area contributed by atoms with E-state index in [1.165, 1.54) is 27.8 Å². The fourth-order valence-electron chi connectivity index (χ4n) is 4.37. The highest BCUT2D eigenvalue weighted by molar-refractivity contribution is 5.77. The molecule has 4 rings (SSSR count). The van der Waals surface area contributed by atoms with Crippen LogP contribution in [0.2, 0.25) is 0 Å². The molecule has 1 unspecified atom stereocenters. The van der Waals surface area contributed by atoms with E-state index in [0.29, 0.717) is 6.54 Å². The standard InChI is InChI=1S/C27H30N2O2/c1-3-28-26(30)19-31-24-13-12-22-14-15-29(18-21-9-7-8-20(2)16-21)27(25(22)17-24)23-10-5-4-6-11-23/h4-13,16-17,27H,3,14-15,18-19H2,1-2H3,(H,28,30). The lowest BCUT2D eigenvalue weighted by Gasteiger charge is -2.38. The van der Waals surface area contributed by atoms with Crippen LogP contribution < -0.4 is 10.1 Å². The first kappa shape index (κ1) is 21.1. The van der Waals surface area contributed by atoms with E-state index in [4.69, 9.17) is 4.74 Å². The summed E-state index contributed by atoms with van der Waals surface area (Å²) in [6.07, 6.45) is 1.00. The van der Waals surface area contributed by atoms with Gasteiger partial charge < -0.3 is 10.1 Å². The number of nitrogens with zero attached hydrogens (tertiary/aromatic N) is 1. The van der Waals surface area contributed by atoms with Gasteiger partial charge in [-0.15, -0.1) is 0 Å². The highest BCUT2D eigenvalue weighted by Gasteiger charge is 2.29. The minimum atomic E-state index is -0.0964. The molecule has 160 valence electrons. The number of ether oxygens (including phenoxy) is 1. The lowest BCUT2D eigenvalue weighted by molar-refractivity contribution is -0.122. The van der Waals surface area contributed by atoms with Crippen LogP contribution >= 0.6 is 0 Å². The maximum Gasteiger partial charge on any atom is 0.257 e. The highest BCUT2D eigenvalue weighted by atomic mass is 16.5. The zero-order chi connectivity index (χ0) is 21.6. The molecule has 1 amide bonds. The molecule has 0 spiro atoms. The van der Waals surface area contributed by atoms with Crippen LogP contribution in [0, 0.1) is 6.92 Å². The predicted octanol–water partition coefficient (Wildman–Crippen LogP) is 4.66. The first-order chi connectivity index (χ1) is 15.1. The summed E-state index contributed by atoms with van der Waals surface area (Å²) in [6.45, 7) is 6.59. The molecule has 0 aliphatic carbocycles. The van der Waals surface area contributed by atoms with Crippen molar-refractivity contribution in [1.82, 2.24) is 10.2 Å². The van der Waals surface area contributed by atoms with Gasteiger partial charge in [-0.05, 0) is 54.7 Å². The van der Waals surface area contributed by atoms with Crippen LogP contribution in [0.15, 0.2) is 72.8 Å². The van der Waals surface area contributed by atoms with E-state index in [-0.39, 0.29) is 18.6 Å². The van der Waals surface area contributed by atoms with Crippen molar-refractivity contribution < 1.29 is 9.53 Å². The zero-order valence-corrected chi connectivity index (χ0v) is 18.3. The van der Waals surface area contributed by atoms with Gasteiger partial charge in [-0.2, -0.15) is 0 Å². The summed E-state index contributed by atoms with van der Waals surface area (Å²) in [5.41, 5.74) is 6.50. The first-order valence-corrected chi connectivity index (χ1v) is 11.0. The molecule has 4 nitrogen and oxygen atoms in total. The molecule has 31 heavy (non-hydrogen) atoms.